The Balaban J connectivity index is 1.47. The zero-order valence-corrected chi connectivity index (χ0v) is 14.2. The summed E-state index contributed by atoms with van der Waals surface area (Å²) in [6.45, 7) is 4.55. The molecule has 1 saturated heterocycles. The zero-order chi connectivity index (χ0) is 17.2. The molecule has 0 radical (unpaired) electrons. The van der Waals surface area contributed by atoms with Gasteiger partial charge in [-0.05, 0) is 24.6 Å². The molecule has 0 N–H and O–H groups in total. The summed E-state index contributed by atoms with van der Waals surface area (Å²) < 4.78 is 0. The molecule has 5 nitrogen and oxygen atoms in total. The van der Waals surface area contributed by atoms with Crippen LogP contribution in [0.5, 0.6) is 0 Å². The highest BCUT2D eigenvalue weighted by Crippen LogP contribution is 2.18. The molecule has 1 fully saturated rings. The summed E-state index contributed by atoms with van der Waals surface area (Å²) in [7, 11) is 0. The number of hydrogen-bond donors (Lipinski definition) is 0. The first-order valence-electron chi connectivity index (χ1n) is 8.49. The normalized spacial score (nSPS) is 15.0. The van der Waals surface area contributed by atoms with E-state index in [1.54, 1.807) is 6.20 Å². The van der Waals surface area contributed by atoms with Gasteiger partial charge in [-0.25, -0.2) is 4.98 Å². The van der Waals surface area contributed by atoms with E-state index in [-0.39, 0.29) is 5.91 Å². The predicted octanol–water partition coefficient (Wildman–Crippen LogP) is 2.79. The molecule has 4 rings (SSSR count). The van der Waals surface area contributed by atoms with Crippen molar-refractivity contribution in [1.29, 1.82) is 0 Å². The number of aromatic nitrogens is 2. The van der Waals surface area contributed by atoms with Gasteiger partial charge < -0.3 is 9.80 Å². The molecule has 0 atom stereocenters. The number of nitrogens with zero attached hydrogens (tertiary/aromatic N) is 4. The van der Waals surface area contributed by atoms with E-state index in [1.807, 2.05) is 40.1 Å². The number of carbonyl (C=O) groups is 1. The molecule has 0 aliphatic carbocycles. The number of benzene rings is 2. The summed E-state index contributed by atoms with van der Waals surface area (Å²) in [4.78, 5) is 25.6. The molecule has 2 heterocycles. The molecule has 0 saturated carbocycles. The molecular weight excluding hydrogens is 312 g/mol. The third kappa shape index (κ3) is 3.31. The third-order valence-corrected chi connectivity index (χ3v) is 4.53. The van der Waals surface area contributed by atoms with E-state index in [0.717, 1.165) is 23.4 Å². The first-order valence-corrected chi connectivity index (χ1v) is 8.49. The van der Waals surface area contributed by atoms with Crippen molar-refractivity contribution in [3.8, 4) is 0 Å². The van der Waals surface area contributed by atoms with Gasteiger partial charge in [0.15, 0.2) is 0 Å². The number of aryl methyl sites for hydroxylation is 1. The molecule has 25 heavy (non-hydrogen) atoms. The lowest BCUT2D eigenvalue weighted by atomic mass is 10.1. The Kier molecular flexibility index (Phi) is 4.06. The van der Waals surface area contributed by atoms with Gasteiger partial charge in [0.2, 0.25) is 5.91 Å². The van der Waals surface area contributed by atoms with Crippen LogP contribution in [-0.4, -0.2) is 40.4 Å². The minimum absolute atomic E-state index is 0.128. The number of piperazine rings is 1. The molecule has 1 aromatic heterocycles. The summed E-state index contributed by atoms with van der Waals surface area (Å²) in [6, 6.07) is 16.1. The van der Waals surface area contributed by atoms with Crippen LogP contribution in [-0.2, 0) is 11.3 Å². The summed E-state index contributed by atoms with van der Waals surface area (Å²) in [6.07, 6.45) is 1.76. The van der Waals surface area contributed by atoms with Crippen molar-refractivity contribution in [2.45, 2.75) is 13.5 Å². The van der Waals surface area contributed by atoms with Gasteiger partial charge in [-0.1, -0.05) is 42.0 Å². The van der Waals surface area contributed by atoms with Crippen LogP contribution in [0.2, 0.25) is 0 Å². The average Bonchev–Trinajstić information content (AvgIpc) is 2.63. The number of hydrogen-bond acceptors (Lipinski definition) is 4. The number of para-hydroxylation sites is 2. The lowest BCUT2D eigenvalue weighted by Crippen LogP contribution is -2.50. The zero-order valence-electron chi connectivity index (χ0n) is 14.2. The predicted molar refractivity (Wildman–Crippen MR) is 98.3 cm³/mol. The second-order valence-corrected chi connectivity index (χ2v) is 6.44. The van der Waals surface area contributed by atoms with Crippen LogP contribution in [0.4, 0.5) is 5.82 Å². The minimum Gasteiger partial charge on any atom is -0.344 e. The van der Waals surface area contributed by atoms with E-state index < -0.39 is 0 Å². The third-order valence-electron chi connectivity index (χ3n) is 4.53. The van der Waals surface area contributed by atoms with Crippen molar-refractivity contribution in [3.63, 3.8) is 0 Å². The first kappa shape index (κ1) is 15.6. The highest BCUT2D eigenvalue weighted by molar-refractivity contribution is 5.83. The fourth-order valence-electron chi connectivity index (χ4n) is 3.20. The average molecular weight is 332 g/mol. The Bertz CT molecular complexity index is 924. The largest absolute Gasteiger partial charge is 0.344 e. The topological polar surface area (TPSA) is 49.3 Å². The van der Waals surface area contributed by atoms with Gasteiger partial charge >= 0.3 is 0 Å². The molecule has 0 bridgehead atoms. The SMILES string of the molecule is Cc1cccc(CN2CCN(c3cnc4ccccc4n3)CC2=O)c1. The molecule has 1 aliphatic rings. The number of rotatable bonds is 3. The van der Waals surface area contributed by atoms with Crippen LogP contribution in [0.25, 0.3) is 11.0 Å². The van der Waals surface area contributed by atoms with Crippen molar-refractivity contribution < 1.29 is 4.79 Å². The quantitative estimate of drug-likeness (QED) is 0.740. The Morgan fingerprint density at radius 3 is 2.68 bits per heavy atom. The monoisotopic (exact) mass is 332 g/mol. The van der Waals surface area contributed by atoms with Crippen LogP contribution in [0.3, 0.4) is 0 Å². The standard InChI is InChI=1S/C20H20N4O/c1-15-5-4-6-16(11-15)13-24-10-9-23(14-20(24)25)19-12-21-17-7-2-3-8-18(17)22-19/h2-8,11-12H,9-10,13-14H2,1H3. The molecule has 0 spiro atoms. The molecule has 1 aliphatic heterocycles. The highest BCUT2D eigenvalue weighted by atomic mass is 16.2. The lowest BCUT2D eigenvalue weighted by molar-refractivity contribution is -0.131. The summed E-state index contributed by atoms with van der Waals surface area (Å²) in [5, 5.41) is 0. The van der Waals surface area contributed by atoms with Gasteiger partial charge in [0.05, 0.1) is 23.8 Å². The van der Waals surface area contributed by atoms with Crippen molar-refractivity contribution >= 4 is 22.8 Å². The van der Waals surface area contributed by atoms with Gasteiger partial charge in [0.25, 0.3) is 0 Å². The smallest absolute Gasteiger partial charge is 0.242 e. The van der Waals surface area contributed by atoms with E-state index in [1.165, 1.54) is 11.1 Å². The summed E-state index contributed by atoms with van der Waals surface area (Å²) in [5.41, 5.74) is 4.12. The number of anilines is 1. The molecule has 3 aromatic rings. The van der Waals surface area contributed by atoms with Crippen molar-refractivity contribution in [1.82, 2.24) is 14.9 Å². The Hall–Kier alpha value is -2.95. The molecule has 2 aromatic carbocycles. The number of carbonyl (C=O) groups excluding carboxylic acids is 1. The molecule has 5 heteroatoms. The fraction of sp³-hybridized carbons (Fsp3) is 0.250. The van der Waals surface area contributed by atoms with Crippen LogP contribution >= 0.6 is 0 Å². The minimum atomic E-state index is 0.128. The van der Waals surface area contributed by atoms with Crippen molar-refractivity contribution in [3.05, 3.63) is 65.9 Å². The van der Waals surface area contributed by atoms with Gasteiger partial charge in [-0.2, -0.15) is 0 Å². The lowest BCUT2D eigenvalue weighted by Gasteiger charge is -2.35. The van der Waals surface area contributed by atoms with E-state index in [0.29, 0.717) is 19.6 Å². The van der Waals surface area contributed by atoms with E-state index >= 15 is 0 Å². The van der Waals surface area contributed by atoms with Gasteiger partial charge in [-0.3, -0.25) is 9.78 Å². The summed E-state index contributed by atoms with van der Waals surface area (Å²) in [5.74, 6) is 0.893. The molecule has 126 valence electrons. The van der Waals surface area contributed by atoms with E-state index in [2.05, 4.69) is 35.1 Å². The van der Waals surface area contributed by atoms with E-state index in [9.17, 15) is 4.79 Å². The molecular formula is C20H20N4O. The van der Waals surface area contributed by atoms with Crippen LogP contribution in [0.15, 0.2) is 54.7 Å². The fourth-order valence-corrected chi connectivity index (χ4v) is 3.20. The van der Waals surface area contributed by atoms with Crippen molar-refractivity contribution in [2.24, 2.45) is 0 Å². The van der Waals surface area contributed by atoms with Crippen LogP contribution < -0.4 is 4.90 Å². The highest BCUT2D eigenvalue weighted by Gasteiger charge is 2.25. The second-order valence-electron chi connectivity index (χ2n) is 6.44. The number of amides is 1. The maximum absolute atomic E-state index is 12.6. The van der Waals surface area contributed by atoms with Gasteiger partial charge in [-0.15, -0.1) is 0 Å². The van der Waals surface area contributed by atoms with Gasteiger partial charge in [0, 0.05) is 19.6 Å². The maximum atomic E-state index is 12.6. The molecule has 0 unspecified atom stereocenters. The Morgan fingerprint density at radius 2 is 1.88 bits per heavy atom. The maximum Gasteiger partial charge on any atom is 0.242 e. The Morgan fingerprint density at radius 1 is 1.04 bits per heavy atom. The second kappa shape index (κ2) is 6.51. The van der Waals surface area contributed by atoms with Crippen molar-refractivity contribution in [2.75, 3.05) is 24.5 Å². The molecule has 1 amide bonds. The van der Waals surface area contributed by atoms with Gasteiger partial charge in [0.1, 0.15) is 5.82 Å². The van der Waals surface area contributed by atoms with E-state index in [4.69, 9.17) is 0 Å². The Labute approximate surface area is 146 Å². The van der Waals surface area contributed by atoms with Crippen LogP contribution in [0.1, 0.15) is 11.1 Å². The first-order chi connectivity index (χ1) is 12.2. The number of fused-ring (bicyclic) bond motifs is 1. The summed E-state index contributed by atoms with van der Waals surface area (Å²) >= 11 is 0. The van der Waals surface area contributed by atoms with Crippen LogP contribution in [0, 0.1) is 6.92 Å².